The average Bonchev–Trinajstić information content (AvgIpc) is 3.81. The number of nitrogen functional groups attached to an aromatic ring is 1. The minimum atomic E-state index is -1.52. The van der Waals surface area contributed by atoms with Gasteiger partial charge in [-0.3, -0.25) is 4.57 Å². The molecule has 272 valence electrons. The number of rotatable bonds is 17. The number of nitrogens with two attached hydrogens (primary N) is 1. The van der Waals surface area contributed by atoms with E-state index in [4.69, 9.17) is 33.7 Å². The van der Waals surface area contributed by atoms with Crippen LogP contribution in [0, 0.1) is 11.3 Å². The van der Waals surface area contributed by atoms with E-state index in [0.29, 0.717) is 30.7 Å². The van der Waals surface area contributed by atoms with Crippen LogP contribution in [0.3, 0.4) is 0 Å². The molecular formula is C38H44N7O6P. The van der Waals surface area contributed by atoms with Crippen molar-refractivity contribution in [2.45, 2.75) is 50.7 Å². The van der Waals surface area contributed by atoms with Gasteiger partial charge in [0.05, 0.1) is 52.4 Å². The Bertz CT molecular complexity index is 1870. The van der Waals surface area contributed by atoms with Crippen LogP contribution in [0.5, 0.6) is 11.5 Å². The van der Waals surface area contributed by atoms with Crippen LogP contribution < -0.4 is 15.2 Å². The fourth-order valence-electron chi connectivity index (χ4n) is 6.41. The largest absolute Gasteiger partial charge is 0.497 e. The highest BCUT2D eigenvalue weighted by Gasteiger charge is 2.44. The standard InChI is InChI=1S/C38H44N7O6P/c1-5-44(6-2)52(49-22-10-21-39)51-32-23-34(45-26-43-35-36(40)41-25-42-37(35)45)50-33(32)24-48-38(27-11-8-7-9-12-27,28-13-17-30(46-3)18-14-28)29-15-19-31(47-4)20-16-29/h7-9,11-20,25-26,32-34H,5-6,10,22-24H2,1-4H3,(H2,40,41,42)/t32-,33+,34+,52?/m0/s1. The summed E-state index contributed by atoms with van der Waals surface area (Å²) < 4.78 is 42.2. The summed E-state index contributed by atoms with van der Waals surface area (Å²) in [6, 6.07) is 28.1. The van der Waals surface area contributed by atoms with Crippen LogP contribution in [0.4, 0.5) is 5.82 Å². The summed E-state index contributed by atoms with van der Waals surface area (Å²) in [4.78, 5) is 13.1. The van der Waals surface area contributed by atoms with Crippen LogP contribution in [-0.4, -0.2) is 76.9 Å². The Morgan fingerprint density at radius 2 is 1.56 bits per heavy atom. The van der Waals surface area contributed by atoms with Gasteiger partial charge in [0.15, 0.2) is 11.5 Å². The van der Waals surface area contributed by atoms with Gasteiger partial charge in [0.1, 0.15) is 41.3 Å². The number of fused-ring (bicyclic) bond motifs is 1. The first kappa shape index (κ1) is 37.1. The number of ether oxygens (including phenoxy) is 4. The van der Waals surface area contributed by atoms with Crippen molar-refractivity contribution in [3.05, 3.63) is 108 Å². The molecule has 0 spiro atoms. The molecule has 13 nitrogen and oxygen atoms in total. The zero-order chi connectivity index (χ0) is 36.5. The van der Waals surface area contributed by atoms with Gasteiger partial charge in [0, 0.05) is 19.5 Å². The van der Waals surface area contributed by atoms with E-state index >= 15 is 0 Å². The summed E-state index contributed by atoms with van der Waals surface area (Å²) in [7, 11) is 1.77. The number of nitriles is 1. The number of anilines is 1. The molecule has 0 amide bonds. The SMILES string of the molecule is CCN(CC)P(OCCC#N)O[C@H]1C[C@H](n2cnc3c(N)ncnc32)O[C@@H]1COC(c1ccccc1)(c1ccc(OC)cc1)c1ccc(OC)cc1. The molecule has 6 rings (SSSR count). The molecule has 1 saturated heterocycles. The van der Waals surface area contributed by atoms with Crippen molar-refractivity contribution >= 4 is 25.5 Å². The predicted molar refractivity (Wildman–Crippen MR) is 197 cm³/mol. The van der Waals surface area contributed by atoms with E-state index in [1.807, 2.05) is 71.3 Å². The van der Waals surface area contributed by atoms with Crippen LogP contribution >= 0.6 is 8.53 Å². The van der Waals surface area contributed by atoms with Crippen LogP contribution in [0.1, 0.15) is 49.6 Å². The van der Waals surface area contributed by atoms with Crippen LogP contribution in [0.2, 0.25) is 0 Å². The van der Waals surface area contributed by atoms with Gasteiger partial charge >= 0.3 is 0 Å². The number of hydrogen-bond acceptors (Lipinski definition) is 12. The van der Waals surface area contributed by atoms with Crippen molar-refractivity contribution in [3.8, 4) is 17.6 Å². The van der Waals surface area contributed by atoms with E-state index in [1.54, 1.807) is 20.5 Å². The maximum atomic E-state index is 9.24. The minimum Gasteiger partial charge on any atom is -0.497 e. The third-order valence-electron chi connectivity index (χ3n) is 9.12. The molecule has 52 heavy (non-hydrogen) atoms. The fraction of sp³-hybridized carbons (Fsp3) is 0.368. The average molecular weight is 726 g/mol. The molecule has 1 aliphatic rings. The molecule has 2 N–H and O–H groups in total. The molecule has 3 aromatic carbocycles. The first-order valence-electron chi connectivity index (χ1n) is 17.2. The highest BCUT2D eigenvalue weighted by Crippen LogP contribution is 2.49. The molecule has 2 aromatic heterocycles. The molecular weight excluding hydrogens is 681 g/mol. The number of nitrogens with zero attached hydrogens (tertiary/aromatic N) is 6. The van der Waals surface area contributed by atoms with Gasteiger partial charge in [0.25, 0.3) is 8.53 Å². The molecule has 1 aliphatic heterocycles. The Kier molecular flexibility index (Phi) is 12.3. The Morgan fingerprint density at radius 1 is 0.923 bits per heavy atom. The fourth-order valence-corrected chi connectivity index (χ4v) is 7.93. The molecule has 0 aliphatic carbocycles. The molecule has 5 aromatic rings. The van der Waals surface area contributed by atoms with Crippen molar-refractivity contribution in [2.24, 2.45) is 0 Å². The van der Waals surface area contributed by atoms with Crippen LogP contribution in [0.25, 0.3) is 11.2 Å². The Hall–Kier alpha value is -4.67. The minimum absolute atomic E-state index is 0.136. The van der Waals surface area contributed by atoms with Gasteiger partial charge < -0.3 is 33.7 Å². The molecule has 4 atom stereocenters. The van der Waals surface area contributed by atoms with E-state index in [2.05, 4.69) is 51.7 Å². The lowest BCUT2D eigenvalue weighted by Gasteiger charge is -2.37. The van der Waals surface area contributed by atoms with Crippen molar-refractivity contribution in [1.82, 2.24) is 24.2 Å². The number of hydrogen-bond donors (Lipinski definition) is 1. The van der Waals surface area contributed by atoms with Crippen LogP contribution in [-0.2, 0) is 24.1 Å². The lowest BCUT2D eigenvalue weighted by atomic mass is 9.80. The summed E-state index contributed by atoms with van der Waals surface area (Å²) in [6.45, 7) is 5.93. The molecule has 0 bridgehead atoms. The highest BCUT2D eigenvalue weighted by molar-refractivity contribution is 7.44. The summed E-state index contributed by atoms with van der Waals surface area (Å²) in [6.07, 6.45) is 2.27. The van der Waals surface area contributed by atoms with Gasteiger partial charge in [0.2, 0.25) is 0 Å². The van der Waals surface area contributed by atoms with E-state index in [9.17, 15) is 5.26 Å². The first-order valence-corrected chi connectivity index (χ1v) is 18.4. The van der Waals surface area contributed by atoms with Crippen molar-refractivity contribution in [1.29, 1.82) is 5.26 Å². The lowest BCUT2D eigenvalue weighted by Crippen LogP contribution is -2.38. The van der Waals surface area contributed by atoms with Crippen molar-refractivity contribution in [2.75, 3.05) is 46.3 Å². The van der Waals surface area contributed by atoms with E-state index in [0.717, 1.165) is 28.2 Å². The molecule has 14 heteroatoms. The maximum absolute atomic E-state index is 9.24. The third-order valence-corrected chi connectivity index (χ3v) is 11.0. The summed E-state index contributed by atoms with van der Waals surface area (Å²) >= 11 is 0. The summed E-state index contributed by atoms with van der Waals surface area (Å²) in [5.74, 6) is 1.75. The second-order valence-electron chi connectivity index (χ2n) is 12.0. The molecule has 0 radical (unpaired) electrons. The Labute approximate surface area is 305 Å². The number of benzene rings is 3. The molecule has 0 saturated carbocycles. The van der Waals surface area contributed by atoms with Gasteiger partial charge in [-0.2, -0.15) is 5.26 Å². The van der Waals surface area contributed by atoms with Gasteiger partial charge in [-0.05, 0) is 41.0 Å². The van der Waals surface area contributed by atoms with Crippen LogP contribution in [0.15, 0.2) is 91.5 Å². The number of methoxy groups -OCH3 is 2. The Balaban J connectivity index is 1.41. The van der Waals surface area contributed by atoms with Gasteiger partial charge in [-0.1, -0.05) is 68.4 Å². The van der Waals surface area contributed by atoms with Gasteiger partial charge in [-0.25, -0.2) is 19.6 Å². The second-order valence-corrected chi connectivity index (χ2v) is 13.5. The second kappa shape index (κ2) is 17.2. The molecule has 1 fully saturated rings. The quantitative estimate of drug-likeness (QED) is 0.0624. The first-order chi connectivity index (χ1) is 25.4. The van der Waals surface area contributed by atoms with E-state index < -0.39 is 32.6 Å². The molecule has 3 heterocycles. The molecule has 1 unspecified atom stereocenters. The number of aromatic nitrogens is 4. The zero-order valence-electron chi connectivity index (χ0n) is 29.8. The van der Waals surface area contributed by atoms with Crippen molar-refractivity contribution < 1.29 is 28.0 Å². The predicted octanol–water partition coefficient (Wildman–Crippen LogP) is 6.61. The van der Waals surface area contributed by atoms with E-state index in [-0.39, 0.29) is 25.5 Å². The smallest absolute Gasteiger partial charge is 0.259 e. The zero-order valence-corrected chi connectivity index (χ0v) is 30.7. The number of imidazole rings is 1. The third kappa shape index (κ3) is 7.73. The summed E-state index contributed by atoms with van der Waals surface area (Å²) in [5.41, 5.74) is 8.85. The lowest BCUT2D eigenvalue weighted by molar-refractivity contribution is -0.0909. The highest BCUT2D eigenvalue weighted by atomic mass is 31.2. The summed E-state index contributed by atoms with van der Waals surface area (Å²) in [5, 5.41) is 9.24. The Morgan fingerprint density at radius 3 is 2.15 bits per heavy atom. The monoisotopic (exact) mass is 725 g/mol. The topological polar surface area (TPSA) is 152 Å². The normalized spacial score (nSPS) is 18.0. The van der Waals surface area contributed by atoms with E-state index in [1.165, 1.54) is 6.33 Å². The van der Waals surface area contributed by atoms with Crippen molar-refractivity contribution in [3.63, 3.8) is 0 Å². The van der Waals surface area contributed by atoms with Gasteiger partial charge in [-0.15, -0.1) is 0 Å². The maximum Gasteiger partial charge on any atom is 0.259 e.